The first-order chi connectivity index (χ1) is 13.4. The molecule has 0 aliphatic carbocycles. The number of aromatic carboxylic acids is 1. The molecule has 6 nitrogen and oxygen atoms in total. The van der Waals surface area contributed by atoms with Crippen LogP contribution in [0.15, 0.2) is 60.0 Å². The zero-order valence-electron chi connectivity index (χ0n) is 14.5. The van der Waals surface area contributed by atoms with Gasteiger partial charge >= 0.3 is 5.97 Å². The lowest BCUT2D eigenvalue weighted by Crippen LogP contribution is -2.27. The molecule has 142 valence electrons. The van der Waals surface area contributed by atoms with Gasteiger partial charge in [-0.1, -0.05) is 54.8 Å². The topological polar surface area (TPSA) is 87.1 Å². The molecule has 3 rings (SSSR count). The third-order valence-corrected chi connectivity index (χ3v) is 5.13. The molecule has 28 heavy (non-hydrogen) atoms. The standard InChI is InChI=1S/C20H15NO5S2/c1-2-9-26-16-6-4-3-5-12(16)10-17-18(23)21(20(27)28-17)13-7-8-15(22)14(11-13)19(24)25/h2-8,10-11,22H,1,9H2,(H,24,25)/b17-10-. The van der Waals surface area contributed by atoms with Crippen LogP contribution in [0.5, 0.6) is 11.5 Å². The summed E-state index contributed by atoms with van der Waals surface area (Å²) in [7, 11) is 0. The summed E-state index contributed by atoms with van der Waals surface area (Å²) < 4.78 is 5.87. The molecule has 2 N–H and O–H groups in total. The van der Waals surface area contributed by atoms with Crippen LogP contribution in [-0.2, 0) is 4.79 Å². The summed E-state index contributed by atoms with van der Waals surface area (Å²) in [5.74, 6) is -1.46. The number of hydrogen-bond donors (Lipinski definition) is 2. The van der Waals surface area contributed by atoms with Crippen molar-refractivity contribution in [2.24, 2.45) is 0 Å². The fourth-order valence-corrected chi connectivity index (χ4v) is 3.84. The van der Waals surface area contributed by atoms with Crippen LogP contribution in [0.2, 0.25) is 0 Å². The average Bonchev–Trinajstić information content (AvgIpc) is 2.95. The highest BCUT2D eigenvalue weighted by Crippen LogP contribution is 2.38. The predicted octanol–water partition coefficient (Wildman–Crippen LogP) is 4.06. The van der Waals surface area contributed by atoms with Crippen LogP contribution in [0.4, 0.5) is 5.69 Å². The maximum absolute atomic E-state index is 12.9. The summed E-state index contributed by atoms with van der Waals surface area (Å²) in [6.07, 6.45) is 3.30. The number of nitrogens with zero attached hydrogens (tertiary/aromatic N) is 1. The van der Waals surface area contributed by atoms with E-state index in [0.29, 0.717) is 22.8 Å². The van der Waals surface area contributed by atoms with E-state index in [1.165, 1.54) is 23.1 Å². The Morgan fingerprint density at radius 1 is 1.29 bits per heavy atom. The maximum Gasteiger partial charge on any atom is 0.339 e. The molecule has 1 heterocycles. The molecule has 1 amide bonds. The number of ether oxygens (including phenoxy) is 1. The van der Waals surface area contributed by atoms with Crippen molar-refractivity contribution in [2.75, 3.05) is 11.5 Å². The normalized spacial score (nSPS) is 15.1. The van der Waals surface area contributed by atoms with Gasteiger partial charge in [0.15, 0.2) is 4.32 Å². The molecule has 0 aromatic heterocycles. The van der Waals surface area contributed by atoms with E-state index in [2.05, 4.69) is 6.58 Å². The van der Waals surface area contributed by atoms with Crippen LogP contribution in [0.3, 0.4) is 0 Å². The van der Waals surface area contributed by atoms with E-state index < -0.39 is 5.97 Å². The zero-order chi connectivity index (χ0) is 20.3. The van der Waals surface area contributed by atoms with E-state index in [4.69, 9.17) is 17.0 Å². The Balaban J connectivity index is 1.95. The second-order valence-corrected chi connectivity index (χ2v) is 7.34. The van der Waals surface area contributed by atoms with E-state index in [1.807, 2.05) is 18.2 Å². The SMILES string of the molecule is C=CCOc1ccccc1/C=C1\SC(=S)N(c2ccc(O)c(C(=O)O)c2)C1=O. The first-order valence-electron chi connectivity index (χ1n) is 8.09. The number of hydrogen-bond acceptors (Lipinski definition) is 6. The maximum atomic E-state index is 12.9. The molecular formula is C20H15NO5S2. The third-order valence-electron chi connectivity index (χ3n) is 3.82. The number of amides is 1. The molecule has 1 fully saturated rings. The number of carbonyl (C=O) groups excluding carboxylic acids is 1. The van der Waals surface area contributed by atoms with Crippen molar-refractivity contribution in [1.29, 1.82) is 0 Å². The number of rotatable bonds is 6. The van der Waals surface area contributed by atoms with Gasteiger partial charge in [0.25, 0.3) is 5.91 Å². The summed E-state index contributed by atoms with van der Waals surface area (Å²) in [5.41, 5.74) is 0.678. The van der Waals surface area contributed by atoms with Crippen molar-refractivity contribution >= 4 is 51.9 Å². The lowest BCUT2D eigenvalue weighted by atomic mass is 10.1. The van der Waals surface area contributed by atoms with Gasteiger partial charge in [-0.15, -0.1) is 0 Å². The van der Waals surface area contributed by atoms with Crippen LogP contribution in [0, 0.1) is 0 Å². The van der Waals surface area contributed by atoms with Crippen LogP contribution in [-0.4, -0.2) is 33.0 Å². The number of aromatic hydroxyl groups is 1. The van der Waals surface area contributed by atoms with Gasteiger partial charge in [0.2, 0.25) is 0 Å². The van der Waals surface area contributed by atoms with E-state index in [1.54, 1.807) is 18.2 Å². The molecular weight excluding hydrogens is 398 g/mol. The minimum Gasteiger partial charge on any atom is -0.507 e. The largest absolute Gasteiger partial charge is 0.507 e. The van der Waals surface area contributed by atoms with Crippen molar-refractivity contribution in [1.82, 2.24) is 0 Å². The molecule has 8 heteroatoms. The first-order valence-corrected chi connectivity index (χ1v) is 9.32. The number of phenols is 1. The van der Waals surface area contributed by atoms with Gasteiger partial charge in [0.05, 0.1) is 10.6 Å². The van der Waals surface area contributed by atoms with Gasteiger partial charge in [-0.2, -0.15) is 0 Å². The molecule has 2 aromatic rings. The molecule has 2 aromatic carbocycles. The molecule has 0 spiro atoms. The van der Waals surface area contributed by atoms with Gasteiger partial charge in [-0.3, -0.25) is 9.69 Å². The van der Waals surface area contributed by atoms with E-state index in [9.17, 15) is 19.8 Å². The number of carboxylic acids is 1. The van der Waals surface area contributed by atoms with Gasteiger partial charge < -0.3 is 14.9 Å². The van der Waals surface area contributed by atoms with Gasteiger partial charge in [0.1, 0.15) is 23.7 Å². The van der Waals surface area contributed by atoms with Crippen LogP contribution < -0.4 is 9.64 Å². The highest BCUT2D eigenvalue weighted by atomic mass is 32.2. The van der Waals surface area contributed by atoms with Gasteiger partial charge in [-0.05, 0) is 30.3 Å². The number of benzene rings is 2. The number of thiocarbonyl (C=S) groups is 1. The van der Waals surface area contributed by atoms with Crippen LogP contribution >= 0.6 is 24.0 Å². The molecule has 0 bridgehead atoms. The Morgan fingerprint density at radius 2 is 2.04 bits per heavy atom. The van der Waals surface area contributed by atoms with Crippen molar-refractivity contribution in [3.8, 4) is 11.5 Å². The Hall–Kier alpha value is -3.10. The number of anilines is 1. The quantitative estimate of drug-likeness (QED) is 0.419. The molecule has 0 unspecified atom stereocenters. The second kappa shape index (κ2) is 8.28. The first kappa shape index (κ1) is 19.7. The lowest BCUT2D eigenvalue weighted by molar-refractivity contribution is -0.113. The molecule has 1 saturated heterocycles. The zero-order valence-corrected chi connectivity index (χ0v) is 16.1. The molecule has 0 atom stereocenters. The summed E-state index contributed by atoms with van der Waals surface area (Å²) in [4.78, 5) is 25.8. The monoisotopic (exact) mass is 413 g/mol. The summed E-state index contributed by atoms with van der Waals surface area (Å²) in [5, 5.41) is 18.9. The van der Waals surface area contributed by atoms with E-state index >= 15 is 0 Å². The van der Waals surface area contributed by atoms with Gasteiger partial charge in [-0.25, -0.2) is 4.79 Å². The fraction of sp³-hybridized carbons (Fsp3) is 0.0500. The van der Waals surface area contributed by atoms with Crippen molar-refractivity contribution in [3.05, 3.63) is 71.2 Å². The Morgan fingerprint density at radius 3 is 2.75 bits per heavy atom. The Bertz CT molecular complexity index is 1020. The lowest BCUT2D eigenvalue weighted by Gasteiger charge is -2.15. The third kappa shape index (κ3) is 3.92. The van der Waals surface area contributed by atoms with Crippen LogP contribution in [0.25, 0.3) is 6.08 Å². The second-order valence-electron chi connectivity index (χ2n) is 5.66. The molecule has 0 saturated carbocycles. The number of carboxylic acid groups (broad SMARTS) is 1. The number of carbonyl (C=O) groups is 2. The highest BCUT2D eigenvalue weighted by molar-refractivity contribution is 8.27. The smallest absolute Gasteiger partial charge is 0.339 e. The fourth-order valence-electron chi connectivity index (χ4n) is 2.55. The van der Waals surface area contributed by atoms with Crippen LogP contribution in [0.1, 0.15) is 15.9 Å². The van der Waals surface area contributed by atoms with E-state index in [0.717, 1.165) is 11.8 Å². The molecule has 0 radical (unpaired) electrons. The van der Waals surface area contributed by atoms with Crippen molar-refractivity contribution in [3.63, 3.8) is 0 Å². The minimum atomic E-state index is -1.30. The molecule has 1 aliphatic rings. The van der Waals surface area contributed by atoms with E-state index in [-0.39, 0.29) is 27.2 Å². The summed E-state index contributed by atoms with van der Waals surface area (Å²) >= 11 is 6.42. The van der Waals surface area contributed by atoms with Crippen molar-refractivity contribution < 1.29 is 24.5 Å². The number of para-hydroxylation sites is 1. The van der Waals surface area contributed by atoms with Crippen molar-refractivity contribution in [2.45, 2.75) is 0 Å². The van der Waals surface area contributed by atoms with Gasteiger partial charge in [0, 0.05) is 5.56 Å². The summed E-state index contributed by atoms with van der Waals surface area (Å²) in [6, 6.07) is 11.1. The Labute approximate surface area is 170 Å². The molecule has 1 aliphatic heterocycles. The Kier molecular flexibility index (Phi) is 5.81. The summed E-state index contributed by atoms with van der Waals surface area (Å²) in [6.45, 7) is 3.95. The average molecular weight is 413 g/mol. The predicted molar refractivity (Wildman–Crippen MR) is 113 cm³/mol. The highest BCUT2D eigenvalue weighted by Gasteiger charge is 2.34. The number of thioether (sulfide) groups is 1. The minimum absolute atomic E-state index is 0.266.